The quantitative estimate of drug-likeness (QED) is 0.426. The summed E-state index contributed by atoms with van der Waals surface area (Å²) in [5.41, 5.74) is 8.00. The third kappa shape index (κ3) is 8.48. The molecule has 0 heterocycles. The third-order valence-corrected chi connectivity index (χ3v) is 6.17. The molecule has 0 aliphatic rings. The molecule has 2 rings (SSSR count). The number of carbonyl (C=O) groups excluding carboxylic acids is 4. The molecule has 0 radical (unpaired) electrons. The predicted octanol–water partition coefficient (Wildman–Crippen LogP) is 4.56. The molecule has 2 aromatic rings. The van der Waals surface area contributed by atoms with Crippen molar-refractivity contribution in [1.82, 2.24) is 10.2 Å². The monoisotopic (exact) mass is 544 g/mol. The van der Waals surface area contributed by atoms with Gasteiger partial charge in [0.15, 0.2) is 0 Å². The second-order valence-electron chi connectivity index (χ2n) is 10.3. The lowest BCUT2D eigenvalue weighted by Gasteiger charge is -2.32. The zero-order valence-electron chi connectivity index (χ0n) is 23.0. The van der Waals surface area contributed by atoms with E-state index in [2.05, 4.69) is 10.6 Å². The minimum Gasteiger partial charge on any atom is -0.444 e. The number of carbonyl (C=O) groups is 4. The van der Waals surface area contributed by atoms with E-state index in [1.807, 2.05) is 45.0 Å². The van der Waals surface area contributed by atoms with Gasteiger partial charge in [-0.1, -0.05) is 47.5 Å². The molecule has 2 aromatic carbocycles. The number of para-hydroxylation sites is 1. The normalized spacial score (nSPS) is 12.7. The van der Waals surface area contributed by atoms with Gasteiger partial charge in [0.1, 0.15) is 17.7 Å². The van der Waals surface area contributed by atoms with Gasteiger partial charge in [-0.05, 0) is 70.7 Å². The number of aryl methyl sites for hydroxylation is 3. The number of hydrogen-bond donors (Lipinski definition) is 3. The van der Waals surface area contributed by atoms with Crippen molar-refractivity contribution in [3.63, 3.8) is 0 Å². The minimum atomic E-state index is -1.16. The van der Waals surface area contributed by atoms with Gasteiger partial charge in [-0.25, -0.2) is 4.79 Å². The van der Waals surface area contributed by atoms with Crippen molar-refractivity contribution in [1.29, 1.82) is 0 Å². The zero-order chi connectivity index (χ0) is 28.8. The molecule has 0 fully saturated rings. The molecule has 0 spiro atoms. The molecular weight excluding hydrogens is 508 g/mol. The van der Waals surface area contributed by atoms with Crippen molar-refractivity contribution in [3.05, 3.63) is 63.7 Å². The number of primary amides is 1. The third-order valence-electron chi connectivity index (χ3n) is 5.85. The number of rotatable bonds is 9. The van der Waals surface area contributed by atoms with Crippen LogP contribution in [0.15, 0.2) is 36.4 Å². The lowest BCUT2D eigenvalue weighted by Crippen LogP contribution is -2.51. The summed E-state index contributed by atoms with van der Waals surface area (Å²) >= 11 is 6.35. The maximum absolute atomic E-state index is 13.8. The number of nitrogens with zero attached hydrogens (tertiary/aromatic N) is 1. The average Bonchev–Trinajstić information content (AvgIpc) is 2.79. The number of hydrogen-bond acceptors (Lipinski definition) is 5. The van der Waals surface area contributed by atoms with Crippen molar-refractivity contribution in [2.75, 3.05) is 12.4 Å². The molecule has 2 atom stereocenters. The van der Waals surface area contributed by atoms with Gasteiger partial charge in [-0.3, -0.25) is 14.4 Å². The predicted molar refractivity (Wildman–Crippen MR) is 148 cm³/mol. The van der Waals surface area contributed by atoms with Crippen LogP contribution >= 0.6 is 11.6 Å². The van der Waals surface area contributed by atoms with Crippen LogP contribution in [0.3, 0.4) is 0 Å². The Bertz CT molecular complexity index is 1190. The summed E-state index contributed by atoms with van der Waals surface area (Å²) in [5.74, 6) is -1.71. The summed E-state index contributed by atoms with van der Waals surface area (Å²) in [4.78, 5) is 52.8. The molecule has 0 saturated heterocycles. The van der Waals surface area contributed by atoms with Crippen LogP contribution in [0.2, 0.25) is 5.02 Å². The molecule has 4 amide bonds. The van der Waals surface area contributed by atoms with E-state index in [9.17, 15) is 19.2 Å². The number of anilines is 1. The minimum absolute atomic E-state index is 0.0670. The number of nitrogens with two attached hydrogens (primary N) is 1. The van der Waals surface area contributed by atoms with E-state index in [0.717, 1.165) is 16.7 Å². The van der Waals surface area contributed by atoms with Gasteiger partial charge in [-0.15, -0.1) is 0 Å². The molecule has 0 saturated carbocycles. The number of halogens is 1. The van der Waals surface area contributed by atoms with Gasteiger partial charge in [-0.2, -0.15) is 0 Å². The van der Waals surface area contributed by atoms with Crippen LogP contribution in [-0.2, 0) is 19.1 Å². The largest absolute Gasteiger partial charge is 0.444 e. The standard InChI is InChI=1S/C28H37ClN4O5/c1-16-11-12-17(2)19(15-16)24(25(35)32-23-18(3)9-8-10-20(23)29)33(7)26(36)21(13-14-22(30)34)31-27(37)38-28(4,5)6/h8-12,15,21,24H,13-14H2,1-7H3,(H2,30,34)(H,31,37)(H,32,35). The second kappa shape index (κ2) is 12.8. The average molecular weight is 545 g/mol. The summed E-state index contributed by atoms with van der Waals surface area (Å²) in [7, 11) is 1.47. The van der Waals surface area contributed by atoms with Crippen LogP contribution in [-0.4, -0.2) is 47.4 Å². The van der Waals surface area contributed by atoms with E-state index in [-0.39, 0.29) is 12.8 Å². The first-order valence-electron chi connectivity index (χ1n) is 12.3. The summed E-state index contributed by atoms with van der Waals surface area (Å²) in [6, 6.07) is 8.63. The highest BCUT2D eigenvalue weighted by molar-refractivity contribution is 6.34. The fourth-order valence-corrected chi connectivity index (χ4v) is 4.20. The number of likely N-dealkylation sites (N-methyl/N-ethyl adjacent to an activating group) is 1. The van der Waals surface area contributed by atoms with Gasteiger partial charge in [0.25, 0.3) is 5.91 Å². The highest BCUT2D eigenvalue weighted by atomic mass is 35.5. The summed E-state index contributed by atoms with van der Waals surface area (Å²) in [6.45, 7) is 10.6. The number of amides is 4. The van der Waals surface area contributed by atoms with Gasteiger partial charge in [0.2, 0.25) is 11.8 Å². The van der Waals surface area contributed by atoms with E-state index in [1.165, 1.54) is 11.9 Å². The first-order chi connectivity index (χ1) is 17.6. The van der Waals surface area contributed by atoms with E-state index < -0.39 is 41.5 Å². The fraction of sp³-hybridized carbons (Fsp3) is 0.429. The Labute approximate surface area is 229 Å². The van der Waals surface area contributed by atoms with Crippen molar-refractivity contribution >= 4 is 41.1 Å². The second-order valence-corrected chi connectivity index (χ2v) is 10.7. The maximum Gasteiger partial charge on any atom is 0.408 e. The number of alkyl carbamates (subject to hydrolysis) is 1. The Morgan fingerprint density at radius 2 is 1.71 bits per heavy atom. The molecule has 4 N–H and O–H groups in total. The van der Waals surface area contributed by atoms with Crippen LogP contribution in [0, 0.1) is 20.8 Å². The van der Waals surface area contributed by atoms with Crippen LogP contribution in [0.4, 0.5) is 10.5 Å². The maximum atomic E-state index is 13.8. The summed E-state index contributed by atoms with van der Waals surface area (Å²) < 4.78 is 5.31. The van der Waals surface area contributed by atoms with Crippen LogP contribution in [0.25, 0.3) is 0 Å². The van der Waals surface area contributed by atoms with Crippen molar-refractivity contribution < 1.29 is 23.9 Å². The molecular formula is C28H37ClN4O5. The van der Waals surface area contributed by atoms with E-state index in [0.29, 0.717) is 16.3 Å². The number of nitrogens with one attached hydrogen (secondary N) is 2. The van der Waals surface area contributed by atoms with Crippen LogP contribution in [0.1, 0.15) is 61.9 Å². The van der Waals surface area contributed by atoms with E-state index >= 15 is 0 Å². The molecule has 2 unspecified atom stereocenters. The first kappa shape index (κ1) is 30.6. The lowest BCUT2D eigenvalue weighted by molar-refractivity contribution is -0.139. The number of ether oxygens (including phenoxy) is 1. The molecule has 10 heteroatoms. The van der Waals surface area contributed by atoms with Gasteiger partial charge < -0.3 is 26.0 Å². The van der Waals surface area contributed by atoms with Crippen LogP contribution in [0.5, 0.6) is 0 Å². The molecule has 0 aromatic heterocycles. The molecule has 0 aliphatic heterocycles. The lowest BCUT2D eigenvalue weighted by atomic mass is 9.96. The Kier molecular flexibility index (Phi) is 10.3. The van der Waals surface area contributed by atoms with Crippen LogP contribution < -0.4 is 16.4 Å². The topological polar surface area (TPSA) is 131 Å². The Hall–Kier alpha value is -3.59. The van der Waals surface area contributed by atoms with Crippen molar-refractivity contribution in [2.24, 2.45) is 5.73 Å². The molecule has 9 nitrogen and oxygen atoms in total. The van der Waals surface area contributed by atoms with Crippen molar-refractivity contribution in [3.8, 4) is 0 Å². The molecule has 38 heavy (non-hydrogen) atoms. The Morgan fingerprint density at radius 3 is 2.29 bits per heavy atom. The molecule has 0 bridgehead atoms. The van der Waals surface area contributed by atoms with Crippen molar-refractivity contribution in [2.45, 2.75) is 72.1 Å². The SMILES string of the molecule is Cc1ccc(C)c(C(C(=O)Nc2c(C)cccc2Cl)N(C)C(=O)C(CCC(N)=O)NC(=O)OC(C)(C)C)c1. The van der Waals surface area contributed by atoms with E-state index in [1.54, 1.807) is 32.9 Å². The Balaban J connectivity index is 2.49. The fourth-order valence-electron chi connectivity index (χ4n) is 3.93. The number of benzene rings is 2. The summed E-state index contributed by atoms with van der Waals surface area (Å²) in [5, 5.41) is 5.76. The Morgan fingerprint density at radius 1 is 1.05 bits per heavy atom. The molecule has 0 aliphatic carbocycles. The highest BCUT2D eigenvalue weighted by Gasteiger charge is 2.35. The molecule has 206 valence electrons. The summed E-state index contributed by atoms with van der Waals surface area (Å²) in [6.07, 6.45) is -1.05. The highest BCUT2D eigenvalue weighted by Crippen LogP contribution is 2.30. The van der Waals surface area contributed by atoms with Gasteiger partial charge in [0.05, 0.1) is 10.7 Å². The zero-order valence-corrected chi connectivity index (χ0v) is 23.7. The van der Waals surface area contributed by atoms with Gasteiger partial charge >= 0.3 is 6.09 Å². The first-order valence-corrected chi connectivity index (χ1v) is 12.7. The smallest absolute Gasteiger partial charge is 0.408 e. The van der Waals surface area contributed by atoms with E-state index in [4.69, 9.17) is 22.1 Å². The van der Waals surface area contributed by atoms with Gasteiger partial charge in [0, 0.05) is 13.5 Å².